The average molecular weight is 287 g/mol. The molecule has 0 aliphatic heterocycles. The minimum Gasteiger partial charge on any atom is -0.468 e. The molecule has 110 valence electrons. The molecule has 0 spiro atoms. The third-order valence-corrected chi connectivity index (χ3v) is 3.39. The van der Waals surface area contributed by atoms with E-state index in [0.29, 0.717) is 5.69 Å². The lowest BCUT2D eigenvalue weighted by molar-refractivity contribution is -0.146. The van der Waals surface area contributed by atoms with E-state index in [2.05, 4.69) is 15.5 Å². The molecule has 0 bridgehead atoms. The van der Waals surface area contributed by atoms with Crippen molar-refractivity contribution in [3.8, 4) is 0 Å². The second-order valence-corrected chi connectivity index (χ2v) is 4.84. The van der Waals surface area contributed by atoms with Crippen LogP contribution in [0.2, 0.25) is 0 Å². The number of esters is 1. The van der Waals surface area contributed by atoms with Gasteiger partial charge in [-0.3, -0.25) is 14.7 Å². The van der Waals surface area contributed by atoms with Crippen LogP contribution in [0.4, 0.5) is 0 Å². The molecule has 0 fully saturated rings. The van der Waals surface area contributed by atoms with Gasteiger partial charge < -0.3 is 10.1 Å². The van der Waals surface area contributed by atoms with Gasteiger partial charge in [-0.25, -0.2) is 0 Å². The lowest BCUT2D eigenvalue weighted by atomic mass is 9.82. The number of ether oxygens (including phenoxy) is 1. The molecule has 1 aromatic carbocycles. The highest BCUT2D eigenvalue weighted by Crippen LogP contribution is 2.24. The van der Waals surface area contributed by atoms with Crippen LogP contribution in [0.25, 0.3) is 0 Å². The summed E-state index contributed by atoms with van der Waals surface area (Å²) in [5.41, 5.74) is 0.170. The Balaban J connectivity index is 2.18. The summed E-state index contributed by atoms with van der Waals surface area (Å²) < 4.78 is 4.88. The van der Waals surface area contributed by atoms with Gasteiger partial charge in [0.2, 0.25) is 0 Å². The quantitative estimate of drug-likeness (QED) is 0.811. The van der Waals surface area contributed by atoms with Crippen LogP contribution in [-0.2, 0) is 14.9 Å². The molecule has 2 rings (SSSR count). The van der Waals surface area contributed by atoms with Crippen molar-refractivity contribution in [1.29, 1.82) is 0 Å². The van der Waals surface area contributed by atoms with Crippen molar-refractivity contribution < 1.29 is 14.3 Å². The second kappa shape index (κ2) is 6.21. The molecule has 1 amide bonds. The van der Waals surface area contributed by atoms with Crippen LogP contribution in [0.5, 0.6) is 0 Å². The monoisotopic (exact) mass is 287 g/mol. The zero-order valence-electron chi connectivity index (χ0n) is 11.9. The molecule has 2 N–H and O–H groups in total. The number of aromatic amines is 1. The van der Waals surface area contributed by atoms with Gasteiger partial charge in [-0.15, -0.1) is 0 Å². The van der Waals surface area contributed by atoms with E-state index in [-0.39, 0.29) is 12.5 Å². The van der Waals surface area contributed by atoms with E-state index in [1.54, 1.807) is 13.0 Å². The van der Waals surface area contributed by atoms with Crippen LogP contribution in [0.3, 0.4) is 0 Å². The Morgan fingerprint density at radius 2 is 2.00 bits per heavy atom. The number of hydrogen-bond donors (Lipinski definition) is 2. The second-order valence-electron chi connectivity index (χ2n) is 4.84. The van der Waals surface area contributed by atoms with Crippen LogP contribution < -0.4 is 5.32 Å². The Kier molecular flexibility index (Phi) is 4.37. The van der Waals surface area contributed by atoms with E-state index in [1.807, 2.05) is 30.3 Å². The van der Waals surface area contributed by atoms with Gasteiger partial charge in [-0.05, 0) is 18.6 Å². The number of hydrogen-bond acceptors (Lipinski definition) is 4. The van der Waals surface area contributed by atoms with Crippen molar-refractivity contribution in [3.05, 3.63) is 53.9 Å². The third kappa shape index (κ3) is 3.10. The molecule has 1 heterocycles. The highest BCUT2D eigenvalue weighted by atomic mass is 16.5. The number of carbonyl (C=O) groups excluding carboxylic acids is 2. The predicted molar refractivity (Wildman–Crippen MR) is 76.7 cm³/mol. The zero-order chi connectivity index (χ0) is 15.3. The van der Waals surface area contributed by atoms with Crippen molar-refractivity contribution in [2.75, 3.05) is 13.7 Å². The molecule has 0 aliphatic rings. The first-order chi connectivity index (χ1) is 10.1. The molecule has 0 saturated heterocycles. The van der Waals surface area contributed by atoms with Gasteiger partial charge in [0.05, 0.1) is 7.11 Å². The first-order valence-electron chi connectivity index (χ1n) is 6.49. The van der Waals surface area contributed by atoms with Crippen LogP contribution in [0.15, 0.2) is 42.6 Å². The average Bonchev–Trinajstić information content (AvgIpc) is 3.06. The maximum atomic E-state index is 12.1. The summed E-state index contributed by atoms with van der Waals surface area (Å²) in [5, 5.41) is 9.03. The number of H-pyrrole nitrogens is 1. The molecule has 1 atom stereocenters. The molecule has 1 aromatic heterocycles. The third-order valence-electron chi connectivity index (χ3n) is 3.39. The molecular formula is C15H17N3O3. The summed E-state index contributed by atoms with van der Waals surface area (Å²) in [6, 6.07) is 10.8. The standard InChI is InChI=1S/C15H17N3O3/c1-15(14(20)21-2,11-6-4-3-5-7-11)10-16-13(19)12-8-9-17-18-12/h3-9H,10H2,1-2H3,(H,16,19)(H,17,18). The normalized spacial score (nSPS) is 13.2. The minimum absolute atomic E-state index is 0.127. The van der Waals surface area contributed by atoms with Crippen molar-refractivity contribution in [3.63, 3.8) is 0 Å². The Bertz CT molecular complexity index is 610. The highest BCUT2D eigenvalue weighted by Gasteiger charge is 2.36. The van der Waals surface area contributed by atoms with E-state index in [0.717, 1.165) is 5.56 Å². The van der Waals surface area contributed by atoms with Crippen LogP contribution in [0, 0.1) is 0 Å². The van der Waals surface area contributed by atoms with Crippen molar-refractivity contribution in [2.45, 2.75) is 12.3 Å². The van der Waals surface area contributed by atoms with E-state index in [1.165, 1.54) is 13.3 Å². The number of nitrogens with zero attached hydrogens (tertiary/aromatic N) is 1. The largest absolute Gasteiger partial charge is 0.468 e. The van der Waals surface area contributed by atoms with Gasteiger partial charge in [0.1, 0.15) is 11.1 Å². The lowest BCUT2D eigenvalue weighted by Crippen LogP contribution is -2.45. The first-order valence-corrected chi connectivity index (χ1v) is 6.49. The van der Waals surface area contributed by atoms with E-state index >= 15 is 0 Å². The van der Waals surface area contributed by atoms with E-state index in [9.17, 15) is 9.59 Å². The maximum absolute atomic E-state index is 12.1. The first kappa shape index (κ1) is 14.8. The lowest BCUT2D eigenvalue weighted by Gasteiger charge is -2.27. The summed E-state index contributed by atoms with van der Waals surface area (Å²) in [6.07, 6.45) is 1.49. The SMILES string of the molecule is COC(=O)C(C)(CNC(=O)c1ccn[nH]1)c1ccccc1. The number of nitrogens with one attached hydrogen (secondary N) is 2. The van der Waals surface area contributed by atoms with Crippen LogP contribution >= 0.6 is 0 Å². The Labute approximate surface area is 122 Å². The molecule has 6 nitrogen and oxygen atoms in total. The fourth-order valence-corrected chi connectivity index (χ4v) is 2.06. The topological polar surface area (TPSA) is 84.1 Å². The number of methoxy groups -OCH3 is 1. The summed E-state index contributed by atoms with van der Waals surface area (Å²) in [6.45, 7) is 1.86. The molecule has 0 radical (unpaired) electrons. The number of carbonyl (C=O) groups is 2. The molecule has 2 aromatic rings. The minimum atomic E-state index is -0.953. The number of aromatic nitrogens is 2. The summed E-state index contributed by atoms with van der Waals surface area (Å²) in [4.78, 5) is 24.1. The maximum Gasteiger partial charge on any atom is 0.317 e. The number of rotatable bonds is 5. The molecule has 0 saturated carbocycles. The van der Waals surface area contributed by atoms with Crippen LogP contribution in [-0.4, -0.2) is 35.7 Å². The van der Waals surface area contributed by atoms with Gasteiger partial charge in [-0.1, -0.05) is 30.3 Å². The van der Waals surface area contributed by atoms with Gasteiger partial charge >= 0.3 is 5.97 Å². The fourth-order valence-electron chi connectivity index (χ4n) is 2.06. The number of amides is 1. The van der Waals surface area contributed by atoms with Gasteiger partial charge in [-0.2, -0.15) is 5.10 Å². The van der Waals surface area contributed by atoms with Gasteiger partial charge in [0.25, 0.3) is 5.91 Å². The van der Waals surface area contributed by atoms with Crippen LogP contribution in [0.1, 0.15) is 23.0 Å². The zero-order valence-corrected chi connectivity index (χ0v) is 11.9. The van der Waals surface area contributed by atoms with Crippen molar-refractivity contribution >= 4 is 11.9 Å². The molecule has 1 unspecified atom stereocenters. The predicted octanol–water partition coefficient (Wildman–Crippen LogP) is 1.27. The molecule has 21 heavy (non-hydrogen) atoms. The molecule has 6 heteroatoms. The smallest absolute Gasteiger partial charge is 0.317 e. The molecular weight excluding hydrogens is 270 g/mol. The summed E-state index contributed by atoms with van der Waals surface area (Å²) >= 11 is 0. The summed E-state index contributed by atoms with van der Waals surface area (Å²) in [7, 11) is 1.33. The Hall–Kier alpha value is -2.63. The van der Waals surface area contributed by atoms with Crippen molar-refractivity contribution in [1.82, 2.24) is 15.5 Å². The van der Waals surface area contributed by atoms with E-state index in [4.69, 9.17) is 4.74 Å². The Morgan fingerprint density at radius 3 is 2.57 bits per heavy atom. The van der Waals surface area contributed by atoms with Crippen molar-refractivity contribution in [2.24, 2.45) is 0 Å². The highest BCUT2D eigenvalue weighted by molar-refractivity contribution is 5.93. The summed E-state index contributed by atoms with van der Waals surface area (Å²) in [5.74, 6) is -0.725. The number of benzene rings is 1. The van der Waals surface area contributed by atoms with Gasteiger partial charge in [0, 0.05) is 12.7 Å². The fraction of sp³-hybridized carbons (Fsp3) is 0.267. The van der Waals surface area contributed by atoms with Gasteiger partial charge in [0.15, 0.2) is 0 Å². The van der Waals surface area contributed by atoms with E-state index < -0.39 is 11.4 Å². The Morgan fingerprint density at radius 1 is 1.29 bits per heavy atom. The molecule has 0 aliphatic carbocycles.